The zero-order valence-electron chi connectivity index (χ0n) is 15.1. The van der Waals surface area contributed by atoms with E-state index < -0.39 is 0 Å². The first-order valence-electron chi connectivity index (χ1n) is 9.05. The van der Waals surface area contributed by atoms with Gasteiger partial charge in [-0.15, -0.1) is 11.8 Å². The highest BCUT2D eigenvalue weighted by Crippen LogP contribution is 2.37. The Labute approximate surface area is 167 Å². The van der Waals surface area contributed by atoms with Crippen LogP contribution in [-0.2, 0) is 0 Å². The lowest BCUT2D eigenvalue weighted by Crippen LogP contribution is -2.25. The fraction of sp³-hybridized carbons (Fsp3) is 0.0870. The van der Waals surface area contributed by atoms with Crippen molar-refractivity contribution in [2.75, 3.05) is 12.3 Å². The Morgan fingerprint density at radius 1 is 0.929 bits per heavy atom. The summed E-state index contributed by atoms with van der Waals surface area (Å²) in [5, 5.41) is 4.07. The number of nitrogens with one attached hydrogen (secondary N) is 2. The van der Waals surface area contributed by atoms with Crippen molar-refractivity contribution in [3.8, 4) is 11.3 Å². The molecule has 0 atom stereocenters. The van der Waals surface area contributed by atoms with Crippen LogP contribution in [0.2, 0.25) is 0 Å². The Balaban J connectivity index is 1.47. The second-order valence-corrected chi connectivity index (χ2v) is 7.46. The third-order valence-electron chi connectivity index (χ3n) is 4.46. The van der Waals surface area contributed by atoms with E-state index in [-0.39, 0.29) is 11.7 Å². The third-order valence-corrected chi connectivity index (χ3v) is 5.58. The lowest BCUT2D eigenvalue weighted by atomic mass is 10.1. The third kappa shape index (κ3) is 3.94. The minimum absolute atomic E-state index is 0.192. The van der Waals surface area contributed by atoms with Crippen molar-refractivity contribution in [1.29, 1.82) is 0 Å². The van der Waals surface area contributed by atoms with Crippen molar-refractivity contribution < 1.29 is 9.18 Å². The molecule has 0 spiro atoms. The molecule has 1 amide bonds. The number of hydrogen-bond donors (Lipinski definition) is 2. The van der Waals surface area contributed by atoms with Crippen molar-refractivity contribution in [3.05, 3.63) is 90.2 Å². The van der Waals surface area contributed by atoms with Gasteiger partial charge >= 0.3 is 0 Å². The van der Waals surface area contributed by atoms with Crippen molar-refractivity contribution >= 4 is 28.6 Å². The van der Waals surface area contributed by atoms with Crippen LogP contribution in [0.5, 0.6) is 0 Å². The van der Waals surface area contributed by atoms with Gasteiger partial charge in [0.15, 0.2) is 0 Å². The van der Waals surface area contributed by atoms with E-state index in [4.69, 9.17) is 0 Å². The monoisotopic (exact) mass is 390 g/mol. The number of fused-ring (bicyclic) bond motifs is 1. The number of para-hydroxylation sites is 1. The summed E-state index contributed by atoms with van der Waals surface area (Å²) in [6.45, 7) is 0.522. The minimum Gasteiger partial charge on any atom is -0.354 e. The normalized spacial score (nSPS) is 10.9. The van der Waals surface area contributed by atoms with Crippen LogP contribution in [0.3, 0.4) is 0 Å². The van der Waals surface area contributed by atoms with Crippen LogP contribution in [0.4, 0.5) is 4.39 Å². The molecule has 2 N–H and O–H groups in total. The second kappa shape index (κ2) is 8.31. The number of thioether (sulfide) groups is 1. The van der Waals surface area contributed by atoms with E-state index in [9.17, 15) is 9.18 Å². The summed E-state index contributed by atoms with van der Waals surface area (Å²) in [7, 11) is 0. The molecule has 0 aliphatic rings. The SMILES string of the molecule is O=C(NCCSc1c(-c2ccccc2)[nH]c2ccccc12)c1ccc(F)cc1. The van der Waals surface area contributed by atoms with Crippen molar-refractivity contribution in [3.63, 3.8) is 0 Å². The van der Waals surface area contributed by atoms with E-state index in [2.05, 4.69) is 34.6 Å². The molecule has 4 aromatic rings. The topological polar surface area (TPSA) is 44.9 Å². The zero-order valence-corrected chi connectivity index (χ0v) is 15.9. The molecule has 140 valence electrons. The number of carbonyl (C=O) groups excluding carboxylic acids is 1. The molecule has 3 nitrogen and oxygen atoms in total. The second-order valence-electron chi connectivity index (χ2n) is 6.35. The van der Waals surface area contributed by atoms with Crippen LogP contribution in [0.15, 0.2) is 83.8 Å². The summed E-state index contributed by atoms with van der Waals surface area (Å²) in [4.78, 5) is 16.9. The molecule has 4 rings (SSSR count). The molecule has 0 unspecified atom stereocenters. The van der Waals surface area contributed by atoms with Gasteiger partial charge in [-0.1, -0.05) is 48.5 Å². The maximum Gasteiger partial charge on any atom is 0.251 e. The van der Waals surface area contributed by atoms with Crippen LogP contribution in [0, 0.1) is 5.82 Å². The Morgan fingerprint density at radius 2 is 1.64 bits per heavy atom. The zero-order chi connectivity index (χ0) is 19.3. The Kier molecular flexibility index (Phi) is 5.44. The number of carbonyl (C=O) groups is 1. The number of aromatic nitrogens is 1. The molecule has 0 fully saturated rings. The Morgan fingerprint density at radius 3 is 2.43 bits per heavy atom. The first kappa shape index (κ1) is 18.3. The highest BCUT2D eigenvalue weighted by Gasteiger charge is 2.13. The molecule has 0 saturated heterocycles. The van der Waals surface area contributed by atoms with Gasteiger partial charge in [-0.25, -0.2) is 4.39 Å². The highest BCUT2D eigenvalue weighted by atomic mass is 32.2. The van der Waals surface area contributed by atoms with Crippen LogP contribution in [0.25, 0.3) is 22.2 Å². The molecule has 0 saturated carbocycles. The molecule has 0 aliphatic carbocycles. The van der Waals surface area contributed by atoms with Gasteiger partial charge in [0.05, 0.1) is 5.69 Å². The van der Waals surface area contributed by atoms with Crippen LogP contribution in [0.1, 0.15) is 10.4 Å². The number of benzene rings is 3. The average molecular weight is 390 g/mol. The van der Waals surface area contributed by atoms with E-state index in [1.54, 1.807) is 11.8 Å². The number of amides is 1. The maximum atomic E-state index is 13.0. The first-order chi connectivity index (χ1) is 13.7. The molecular formula is C23H19FN2OS. The Hall–Kier alpha value is -3.05. The van der Waals surface area contributed by atoms with Gasteiger partial charge < -0.3 is 10.3 Å². The average Bonchev–Trinajstić information content (AvgIpc) is 3.11. The Bertz CT molecular complexity index is 1090. The fourth-order valence-electron chi connectivity index (χ4n) is 3.10. The van der Waals surface area contributed by atoms with E-state index in [0.717, 1.165) is 22.5 Å². The summed E-state index contributed by atoms with van der Waals surface area (Å²) < 4.78 is 13.0. The number of hydrogen-bond acceptors (Lipinski definition) is 2. The number of halogens is 1. The first-order valence-corrected chi connectivity index (χ1v) is 10.0. The van der Waals surface area contributed by atoms with E-state index in [1.165, 1.54) is 34.5 Å². The predicted molar refractivity (Wildman–Crippen MR) is 113 cm³/mol. The molecule has 0 bridgehead atoms. The van der Waals surface area contributed by atoms with Crippen LogP contribution >= 0.6 is 11.8 Å². The van der Waals surface area contributed by atoms with Gasteiger partial charge in [0.2, 0.25) is 0 Å². The van der Waals surface area contributed by atoms with Crippen molar-refractivity contribution in [2.45, 2.75) is 4.90 Å². The van der Waals surface area contributed by atoms with Crippen LogP contribution in [-0.4, -0.2) is 23.2 Å². The molecule has 5 heteroatoms. The van der Waals surface area contributed by atoms with E-state index in [0.29, 0.717) is 12.1 Å². The lowest BCUT2D eigenvalue weighted by molar-refractivity contribution is 0.0956. The molecule has 28 heavy (non-hydrogen) atoms. The molecule has 0 aliphatic heterocycles. The smallest absolute Gasteiger partial charge is 0.251 e. The molecule has 1 heterocycles. The van der Waals surface area contributed by atoms with Crippen LogP contribution < -0.4 is 5.32 Å². The summed E-state index contributed by atoms with van der Waals surface area (Å²) in [6, 6.07) is 24.0. The molecule has 1 aromatic heterocycles. The summed E-state index contributed by atoms with van der Waals surface area (Å²) in [5.41, 5.74) is 3.79. The standard InChI is InChI=1S/C23H19FN2OS/c24-18-12-10-17(11-13-18)23(27)25-14-15-28-22-19-8-4-5-9-20(19)26-21(22)16-6-2-1-3-7-16/h1-13,26H,14-15H2,(H,25,27). The minimum atomic E-state index is -0.347. The fourth-order valence-corrected chi connectivity index (χ4v) is 4.15. The summed E-state index contributed by atoms with van der Waals surface area (Å²) >= 11 is 1.71. The van der Waals surface area contributed by atoms with Crippen molar-refractivity contribution in [2.24, 2.45) is 0 Å². The molecule has 0 radical (unpaired) electrons. The summed E-state index contributed by atoms with van der Waals surface area (Å²) in [6.07, 6.45) is 0. The van der Waals surface area contributed by atoms with Gasteiger partial charge in [-0.3, -0.25) is 4.79 Å². The number of rotatable bonds is 6. The van der Waals surface area contributed by atoms with E-state index >= 15 is 0 Å². The van der Waals surface area contributed by atoms with Gasteiger partial charge in [0.25, 0.3) is 5.91 Å². The van der Waals surface area contributed by atoms with Gasteiger partial charge in [-0.05, 0) is 35.9 Å². The molecule has 3 aromatic carbocycles. The van der Waals surface area contributed by atoms with E-state index in [1.807, 2.05) is 30.3 Å². The number of H-pyrrole nitrogens is 1. The quantitative estimate of drug-likeness (QED) is 0.337. The number of aromatic amines is 1. The molecular weight excluding hydrogens is 371 g/mol. The maximum absolute atomic E-state index is 13.0. The predicted octanol–water partition coefficient (Wildman–Crippen LogP) is 5.50. The van der Waals surface area contributed by atoms with Gasteiger partial charge in [0.1, 0.15) is 5.82 Å². The van der Waals surface area contributed by atoms with Gasteiger partial charge in [0, 0.05) is 33.7 Å². The lowest BCUT2D eigenvalue weighted by Gasteiger charge is -2.07. The largest absolute Gasteiger partial charge is 0.354 e. The van der Waals surface area contributed by atoms with Gasteiger partial charge in [-0.2, -0.15) is 0 Å². The van der Waals surface area contributed by atoms with Crippen molar-refractivity contribution in [1.82, 2.24) is 10.3 Å². The highest BCUT2D eigenvalue weighted by molar-refractivity contribution is 7.99. The summed E-state index contributed by atoms with van der Waals surface area (Å²) in [5.74, 6) is 0.192.